The lowest BCUT2D eigenvalue weighted by Gasteiger charge is -2.25. The van der Waals surface area contributed by atoms with Gasteiger partial charge in [-0.25, -0.2) is 4.79 Å². The second-order valence-electron chi connectivity index (χ2n) is 3.70. The van der Waals surface area contributed by atoms with Crippen LogP contribution in [0, 0.1) is 0 Å². The molecule has 0 radical (unpaired) electrons. The lowest BCUT2D eigenvalue weighted by Crippen LogP contribution is -2.29. The predicted octanol–water partition coefficient (Wildman–Crippen LogP) is 1.58. The van der Waals surface area contributed by atoms with Crippen LogP contribution < -0.4 is 0 Å². The first-order valence-corrected chi connectivity index (χ1v) is 4.82. The second kappa shape index (κ2) is 2.79. The summed E-state index contributed by atoms with van der Waals surface area (Å²) in [5.41, 5.74) is 2.41. The maximum Gasteiger partial charge on any atom is 0.346 e. The second-order valence-corrected chi connectivity index (χ2v) is 3.70. The summed E-state index contributed by atoms with van der Waals surface area (Å²) in [6.07, 6.45) is 4.52. The van der Waals surface area contributed by atoms with Gasteiger partial charge in [-0.05, 0) is 23.6 Å². The SMILES string of the molecule is O=C1OC(=O)C2C=CCc3cccc1c32. The summed E-state index contributed by atoms with van der Waals surface area (Å²) in [5, 5.41) is 0. The van der Waals surface area contributed by atoms with E-state index < -0.39 is 11.9 Å². The van der Waals surface area contributed by atoms with E-state index in [0.717, 1.165) is 17.5 Å². The maximum atomic E-state index is 11.5. The Labute approximate surface area is 86.4 Å². The van der Waals surface area contributed by atoms with Crippen molar-refractivity contribution >= 4 is 11.9 Å². The monoisotopic (exact) mass is 200 g/mol. The topological polar surface area (TPSA) is 43.4 Å². The molecule has 0 saturated carbocycles. The molecule has 1 atom stereocenters. The van der Waals surface area contributed by atoms with E-state index in [1.165, 1.54) is 0 Å². The van der Waals surface area contributed by atoms with Crippen molar-refractivity contribution in [3.8, 4) is 0 Å². The minimum atomic E-state index is -0.525. The molecule has 3 heteroatoms. The number of hydrogen-bond donors (Lipinski definition) is 0. The summed E-state index contributed by atoms with van der Waals surface area (Å²) < 4.78 is 4.68. The zero-order valence-electron chi connectivity index (χ0n) is 7.90. The number of hydrogen-bond acceptors (Lipinski definition) is 3. The standard InChI is InChI=1S/C12H8O3/c13-11-8-5-1-3-7-4-2-6-9(10(7)8)12(14)15-11/h1-3,5-6,9H,4H2. The molecule has 1 heterocycles. The van der Waals surface area contributed by atoms with Crippen LogP contribution in [0.3, 0.4) is 0 Å². The highest BCUT2D eigenvalue weighted by Crippen LogP contribution is 2.34. The predicted molar refractivity (Wildman–Crippen MR) is 52.4 cm³/mol. The molecule has 0 N–H and O–H groups in total. The van der Waals surface area contributed by atoms with Crippen LogP contribution in [-0.4, -0.2) is 11.9 Å². The molecule has 1 aromatic rings. The number of carbonyl (C=O) groups is 2. The summed E-state index contributed by atoms with van der Waals surface area (Å²) in [5.74, 6) is -1.37. The van der Waals surface area contributed by atoms with Gasteiger partial charge in [0.1, 0.15) is 5.92 Å². The van der Waals surface area contributed by atoms with Gasteiger partial charge in [0.2, 0.25) is 0 Å². The Balaban J connectivity index is 2.31. The summed E-state index contributed by atoms with van der Waals surface area (Å²) in [7, 11) is 0. The first-order valence-electron chi connectivity index (χ1n) is 4.82. The summed E-state index contributed by atoms with van der Waals surface area (Å²) >= 11 is 0. The number of cyclic esters (lactones) is 2. The van der Waals surface area contributed by atoms with Gasteiger partial charge in [0.05, 0.1) is 5.56 Å². The molecule has 1 unspecified atom stereocenters. The van der Waals surface area contributed by atoms with Gasteiger partial charge < -0.3 is 4.74 Å². The van der Waals surface area contributed by atoms with E-state index in [9.17, 15) is 9.59 Å². The van der Waals surface area contributed by atoms with Crippen molar-refractivity contribution in [3.05, 3.63) is 47.0 Å². The Kier molecular flexibility index (Phi) is 1.57. The molecule has 0 amide bonds. The van der Waals surface area contributed by atoms with E-state index in [1.54, 1.807) is 12.1 Å². The normalized spacial score (nSPS) is 22.3. The third-order valence-electron chi connectivity index (χ3n) is 2.84. The van der Waals surface area contributed by atoms with Crippen molar-refractivity contribution in [1.29, 1.82) is 0 Å². The van der Waals surface area contributed by atoms with Gasteiger partial charge in [-0.1, -0.05) is 24.3 Å². The molecule has 1 aliphatic heterocycles. The summed E-state index contributed by atoms with van der Waals surface area (Å²) in [6.45, 7) is 0. The zero-order valence-corrected chi connectivity index (χ0v) is 7.90. The Morgan fingerprint density at radius 3 is 3.00 bits per heavy atom. The summed E-state index contributed by atoms with van der Waals surface area (Å²) in [4.78, 5) is 23.0. The molecule has 0 spiro atoms. The van der Waals surface area contributed by atoms with E-state index in [2.05, 4.69) is 4.74 Å². The Morgan fingerprint density at radius 1 is 1.27 bits per heavy atom. The maximum absolute atomic E-state index is 11.5. The van der Waals surface area contributed by atoms with E-state index in [1.807, 2.05) is 18.2 Å². The molecule has 74 valence electrons. The van der Waals surface area contributed by atoms with Gasteiger partial charge in [-0.2, -0.15) is 0 Å². The third kappa shape index (κ3) is 1.06. The van der Waals surface area contributed by atoms with Gasteiger partial charge >= 0.3 is 11.9 Å². The minimum absolute atomic E-state index is 0.386. The van der Waals surface area contributed by atoms with Crippen LogP contribution >= 0.6 is 0 Å². The smallest absolute Gasteiger partial charge is 0.346 e. The fourth-order valence-corrected chi connectivity index (χ4v) is 2.17. The first kappa shape index (κ1) is 8.41. The molecular formula is C12H8O3. The van der Waals surface area contributed by atoms with Crippen molar-refractivity contribution < 1.29 is 14.3 Å². The van der Waals surface area contributed by atoms with Crippen LogP contribution in [0.1, 0.15) is 27.4 Å². The van der Waals surface area contributed by atoms with E-state index in [-0.39, 0.29) is 5.92 Å². The van der Waals surface area contributed by atoms with Crippen molar-refractivity contribution in [3.63, 3.8) is 0 Å². The first-order chi connectivity index (χ1) is 7.27. The van der Waals surface area contributed by atoms with Crippen molar-refractivity contribution in [2.75, 3.05) is 0 Å². The number of rotatable bonds is 0. The average Bonchev–Trinajstić information content (AvgIpc) is 2.25. The third-order valence-corrected chi connectivity index (χ3v) is 2.84. The molecule has 0 fully saturated rings. The number of benzene rings is 1. The van der Waals surface area contributed by atoms with Gasteiger partial charge in [0, 0.05) is 0 Å². The zero-order chi connectivity index (χ0) is 10.4. The largest absolute Gasteiger partial charge is 0.389 e. The molecule has 0 saturated heterocycles. The van der Waals surface area contributed by atoms with Gasteiger partial charge in [0.15, 0.2) is 0 Å². The number of ether oxygens (including phenoxy) is 1. The fraction of sp³-hybridized carbons (Fsp3) is 0.167. The Morgan fingerprint density at radius 2 is 2.13 bits per heavy atom. The van der Waals surface area contributed by atoms with Crippen LogP contribution in [0.25, 0.3) is 0 Å². The Hall–Kier alpha value is -1.90. The average molecular weight is 200 g/mol. The molecule has 1 aromatic carbocycles. The van der Waals surface area contributed by atoms with Crippen molar-refractivity contribution in [1.82, 2.24) is 0 Å². The highest BCUT2D eigenvalue weighted by atomic mass is 16.6. The molecule has 2 aliphatic rings. The highest BCUT2D eigenvalue weighted by Gasteiger charge is 2.35. The van der Waals surface area contributed by atoms with Crippen LogP contribution in [0.15, 0.2) is 30.4 Å². The van der Waals surface area contributed by atoms with Crippen molar-refractivity contribution in [2.45, 2.75) is 12.3 Å². The molecule has 3 nitrogen and oxygen atoms in total. The van der Waals surface area contributed by atoms with Crippen LogP contribution in [0.4, 0.5) is 0 Å². The van der Waals surface area contributed by atoms with Crippen LogP contribution in [0.2, 0.25) is 0 Å². The Bertz CT molecular complexity index is 500. The molecule has 0 bridgehead atoms. The molecule has 3 rings (SSSR count). The van der Waals surface area contributed by atoms with E-state index in [4.69, 9.17) is 0 Å². The lowest BCUT2D eigenvalue weighted by molar-refractivity contribution is -0.139. The van der Waals surface area contributed by atoms with Crippen LogP contribution in [-0.2, 0) is 16.0 Å². The lowest BCUT2D eigenvalue weighted by atomic mass is 9.83. The summed E-state index contributed by atoms with van der Waals surface area (Å²) in [6, 6.07) is 5.47. The van der Waals surface area contributed by atoms with Gasteiger partial charge in [0.25, 0.3) is 0 Å². The quantitative estimate of drug-likeness (QED) is 0.363. The molecular weight excluding hydrogens is 192 g/mol. The van der Waals surface area contributed by atoms with E-state index >= 15 is 0 Å². The fourth-order valence-electron chi connectivity index (χ4n) is 2.17. The molecule has 1 aliphatic carbocycles. The molecule has 0 aromatic heterocycles. The highest BCUT2D eigenvalue weighted by molar-refractivity contribution is 6.05. The van der Waals surface area contributed by atoms with Crippen LogP contribution in [0.5, 0.6) is 0 Å². The van der Waals surface area contributed by atoms with Crippen molar-refractivity contribution in [2.24, 2.45) is 0 Å². The minimum Gasteiger partial charge on any atom is -0.389 e. The van der Waals surface area contributed by atoms with Gasteiger partial charge in [-0.3, -0.25) is 4.79 Å². The van der Waals surface area contributed by atoms with E-state index in [0.29, 0.717) is 5.56 Å². The number of esters is 2. The number of carbonyl (C=O) groups excluding carboxylic acids is 2. The van der Waals surface area contributed by atoms with Gasteiger partial charge in [-0.15, -0.1) is 0 Å². The number of allylic oxidation sites excluding steroid dienone is 1. The molecule has 15 heavy (non-hydrogen) atoms.